The molecule has 0 saturated carbocycles. The number of ether oxygens (including phenoxy) is 2. The standard InChI is InChI=1S/C19H16N4O5/c1-26-14-6-5-12(8-13(14)22-18(24)15-4-3-7-28-15)23-10-11(9-20)16(21)17(23)19(25)27-2/h3-8,10H,21H2,1-2H3,(H,22,24). The lowest BCUT2D eigenvalue weighted by atomic mass is 10.2. The fourth-order valence-electron chi connectivity index (χ4n) is 2.65. The Balaban J connectivity index is 2.08. The second-order valence-electron chi connectivity index (χ2n) is 5.59. The van der Waals surface area contributed by atoms with E-state index in [1.807, 2.05) is 6.07 Å². The van der Waals surface area contributed by atoms with Gasteiger partial charge in [0, 0.05) is 11.9 Å². The number of furan rings is 1. The fourth-order valence-corrected chi connectivity index (χ4v) is 2.65. The van der Waals surface area contributed by atoms with Gasteiger partial charge in [0.1, 0.15) is 11.8 Å². The molecule has 0 atom stereocenters. The first-order valence-electron chi connectivity index (χ1n) is 8.02. The van der Waals surface area contributed by atoms with Crippen LogP contribution in [-0.4, -0.2) is 30.7 Å². The van der Waals surface area contributed by atoms with Crippen molar-refractivity contribution in [2.75, 3.05) is 25.3 Å². The van der Waals surface area contributed by atoms with Gasteiger partial charge in [-0.1, -0.05) is 0 Å². The van der Waals surface area contributed by atoms with Gasteiger partial charge < -0.3 is 29.5 Å². The highest BCUT2D eigenvalue weighted by Crippen LogP contribution is 2.31. The van der Waals surface area contributed by atoms with Gasteiger partial charge in [-0.05, 0) is 30.3 Å². The van der Waals surface area contributed by atoms with Crippen LogP contribution in [0.3, 0.4) is 0 Å². The molecule has 3 N–H and O–H groups in total. The maximum Gasteiger partial charge on any atom is 0.357 e. The number of anilines is 2. The molecule has 1 amide bonds. The van der Waals surface area contributed by atoms with Crippen LogP contribution in [0.25, 0.3) is 5.69 Å². The van der Waals surface area contributed by atoms with Gasteiger partial charge in [-0.3, -0.25) is 4.79 Å². The lowest BCUT2D eigenvalue weighted by Crippen LogP contribution is -2.13. The number of carbonyl (C=O) groups is 2. The molecular weight excluding hydrogens is 364 g/mol. The van der Waals surface area contributed by atoms with Crippen molar-refractivity contribution in [2.24, 2.45) is 0 Å². The van der Waals surface area contributed by atoms with Crippen molar-refractivity contribution in [3.8, 4) is 17.5 Å². The topological polar surface area (TPSA) is 133 Å². The van der Waals surface area contributed by atoms with Crippen LogP contribution in [0.2, 0.25) is 0 Å². The fraction of sp³-hybridized carbons (Fsp3) is 0.105. The van der Waals surface area contributed by atoms with Crippen LogP contribution in [-0.2, 0) is 4.74 Å². The summed E-state index contributed by atoms with van der Waals surface area (Å²) in [6.07, 6.45) is 2.80. The minimum absolute atomic E-state index is 0.00587. The molecule has 1 aromatic carbocycles. The number of amides is 1. The number of nitrogens with zero attached hydrogens (tertiary/aromatic N) is 2. The zero-order valence-electron chi connectivity index (χ0n) is 15.1. The Morgan fingerprint density at radius 1 is 1.29 bits per heavy atom. The quantitative estimate of drug-likeness (QED) is 0.650. The molecule has 142 valence electrons. The Bertz CT molecular complexity index is 1080. The zero-order valence-corrected chi connectivity index (χ0v) is 15.1. The molecule has 0 aliphatic rings. The molecule has 0 fully saturated rings. The summed E-state index contributed by atoms with van der Waals surface area (Å²) in [6.45, 7) is 0. The Labute approximate surface area is 159 Å². The number of hydrogen-bond donors (Lipinski definition) is 2. The summed E-state index contributed by atoms with van der Waals surface area (Å²) < 4.78 is 16.6. The molecular formula is C19H16N4O5. The maximum atomic E-state index is 12.3. The van der Waals surface area contributed by atoms with Crippen LogP contribution < -0.4 is 15.8 Å². The number of aromatic nitrogens is 1. The van der Waals surface area contributed by atoms with Crippen molar-refractivity contribution >= 4 is 23.3 Å². The second-order valence-corrected chi connectivity index (χ2v) is 5.59. The van der Waals surface area contributed by atoms with Gasteiger partial charge in [0.25, 0.3) is 5.91 Å². The van der Waals surface area contributed by atoms with Crippen LogP contribution in [0.15, 0.2) is 47.2 Å². The minimum atomic E-state index is -0.698. The highest BCUT2D eigenvalue weighted by Gasteiger charge is 2.22. The van der Waals surface area contributed by atoms with E-state index in [1.54, 1.807) is 24.3 Å². The highest BCUT2D eigenvalue weighted by molar-refractivity contribution is 6.03. The van der Waals surface area contributed by atoms with Gasteiger partial charge in [-0.25, -0.2) is 4.79 Å². The Morgan fingerprint density at radius 3 is 2.68 bits per heavy atom. The summed E-state index contributed by atoms with van der Waals surface area (Å²) in [5, 5.41) is 11.9. The summed E-state index contributed by atoms with van der Waals surface area (Å²) in [5.74, 6) is -0.655. The molecule has 3 aromatic rings. The average molecular weight is 380 g/mol. The van der Waals surface area contributed by atoms with Crippen molar-refractivity contribution in [1.29, 1.82) is 5.26 Å². The number of hydrogen-bond acceptors (Lipinski definition) is 7. The smallest absolute Gasteiger partial charge is 0.357 e. The van der Waals surface area contributed by atoms with E-state index in [2.05, 4.69) is 5.32 Å². The summed E-state index contributed by atoms with van der Waals surface area (Å²) in [7, 11) is 2.67. The minimum Gasteiger partial charge on any atom is -0.495 e. The number of nitrogen functional groups attached to an aromatic ring is 1. The first-order chi connectivity index (χ1) is 13.5. The molecule has 3 rings (SSSR count). The summed E-state index contributed by atoms with van der Waals surface area (Å²) in [6, 6.07) is 9.88. The number of carbonyl (C=O) groups excluding carboxylic acids is 2. The van der Waals surface area contributed by atoms with E-state index in [9.17, 15) is 14.9 Å². The van der Waals surface area contributed by atoms with Crippen molar-refractivity contribution < 1.29 is 23.5 Å². The first-order valence-corrected chi connectivity index (χ1v) is 8.02. The van der Waals surface area contributed by atoms with Crippen LogP contribution in [0.5, 0.6) is 5.75 Å². The molecule has 2 heterocycles. The van der Waals surface area contributed by atoms with E-state index in [0.29, 0.717) is 17.1 Å². The number of methoxy groups -OCH3 is 2. The van der Waals surface area contributed by atoms with Crippen LogP contribution >= 0.6 is 0 Å². The van der Waals surface area contributed by atoms with Gasteiger partial charge >= 0.3 is 5.97 Å². The second kappa shape index (κ2) is 7.59. The van der Waals surface area contributed by atoms with E-state index < -0.39 is 11.9 Å². The molecule has 9 heteroatoms. The number of nitrogens with two attached hydrogens (primary N) is 1. The van der Waals surface area contributed by atoms with Gasteiger partial charge in [0.05, 0.1) is 37.4 Å². The molecule has 28 heavy (non-hydrogen) atoms. The lowest BCUT2D eigenvalue weighted by Gasteiger charge is -2.13. The third kappa shape index (κ3) is 3.26. The van der Waals surface area contributed by atoms with Crippen molar-refractivity contribution in [2.45, 2.75) is 0 Å². The molecule has 9 nitrogen and oxygen atoms in total. The summed E-state index contributed by atoms with van der Waals surface area (Å²) in [4.78, 5) is 24.5. The van der Waals surface area contributed by atoms with Crippen molar-refractivity contribution in [1.82, 2.24) is 4.57 Å². The van der Waals surface area contributed by atoms with Crippen molar-refractivity contribution in [3.05, 3.63) is 59.8 Å². The van der Waals surface area contributed by atoms with Crippen LogP contribution in [0.4, 0.5) is 11.4 Å². The molecule has 0 aliphatic heterocycles. The predicted octanol–water partition coefficient (Wildman–Crippen LogP) is 2.57. The monoisotopic (exact) mass is 380 g/mol. The molecule has 0 unspecified atom stereocenters. The third-order valence-corrected chi connectivity index (χ3v) is 4.00. The molecule has 0 saturated heterocycles. The van der Waals surface area contributed by atoms with Crippen molar-refractivity contribution in [3.63, 3.8) is 0 Å². The average Bonchev–Trinajstić information content (AvgIpc) is 3.35. The number of nitrogens with one attached hydrogen (secondary N) is 1. The summed E-state index contributed by atoms with van der Waals surface area (Å²) in [5.41, 5.74) is 6.85. The SMILES string of the molecule is COC(=O)c1c(N)c(C#N)cn1-c1ccc(OC)c(NC(=O)c2ccco2)c1. The lowest BCUT2D eigenvalue weighted by molar-refractivity contribution is 0.0593. The Morgan fingerprint density at radius 2 is 2.07 bits per heavy atom. The number of esters is 1. The highest BCUT2D eigenvalue weighted by atomic mass is 16.5. The van der Waals surface area contributed by atoms with Gasteiger partial charge in [0.2, 0.25) is 0 Å². The van der Waals surface area contributed by atoms with Gasteiger partial charge in [-0.15, -0.1) is 0 Å². The maximum absolute atomic E-state index is 12.3. The molecule has 2 aromatic heterocycles. The zero-order chi connectivity index (χ0) is 20.3. The summed E-state index contributed by atoms with van der Waals surface area (Å²) >= 11 is 0. The molecule has 0 bridgehead atoms. The molecule has 0 radical (unpaired) electrons. The first kappa shape index (κ1) is 18.6. The van der Waals surface area contributed by atoms with E-state index >= 15 is 0 Å². The van der Waals surface area contributed by atoms with Gasteiger partial charge in [-0.2, -0.15) is 5.26 Å². The van der Waals surface area contributed by atoms with Crippen LogP contribution in [0, 0.1) is 11.3 Å². The Kier molecular flexibility index (Phi) is 5.04. The predicted molar refractivity (Wildman–Crippen MR) is 99.4 cm³/mol. The van der Waals surface area contributed by atoms with E-state index in [1.165, 1.54) is 37.3 Å². The number of nitriles is 1. The normalized spacial score (nSPS) is 10.2. The Hall–Kier alpha value is -4.19. The van der Waals surface area contributed by atoms with E-state index in [4.69, 9.17) is 19.6 Å². The number of benzene rings is 1. The third-order valence-electron chi connectivity index (χ3n) is 4.00. The van der Waals surface area contributed by atoms with Crippen LogP contribution in [0.1, 0.15) is 26.6 Å². The number of rotatable bonds is 5. The van der Waals surface area contributed by atoms with E-state index in [0.717, 1.165) is 0 Å². The molecule has 0 aliphatic carbocycles. The van der Waals surface area contributed by atoms with E-state index in [-0.39, 0.29) is 22.7 Å². The molecule has 0 spiro atoms. The largest absolute Gasteiger partial charge is 0.495 e. The van der Waals surface area contributed by atoms with Gasteiger partial charge in [0.15, 0.2) is 11.5 Å².